The van der Waals surface area contributed by atoms with Gasteiger partial charge in [0.25, 0.3) is 0 Å². The lowest BCUT2D eigenvalue weighted by Gasteiger charge is -2.53. The van der Waals surface area contributed by atoms with Crippen LogP contribution in [-0.2, 0) is 12.0 Å². The molecule has 0 spiro atoms. The zero-order chi connectivity index (χ0) is 16.8. The lowest BCUT2D eigenvalue weighted by molar-refractivity contribution is -0.143. The average molecular weight is 321 g/mol. The van der Waals surface area contributed by atoms with Gasteiger partial charge in [-0.05, 0) is 68.8 Å². The van der Waals surface area contributed by atoms with Crippen LogP contribution in [0.5, 0.6) is 5.75 Å². The SMILES string of the molecule is COc1c(F)ccc2c1C(O)(C1CCN(C)CC1)C(C)(C)CC2. The van der Waals surface area contributed by atoms with Gasteiger partial charge in [-0.2, -0.15) is 0 Å². The Morgan fingerprint density at radius 3 is 2.52 bits per heavy atom. The number of fused-ring (bicyclic) bond motifs is 1. The lowest BCUT2D eigenvalue weighted by atomic mass is 9.56. The van der Waals surface area contributed by atoms with Crippen molar-refractivity contribution in [3.8, 4) is 5.75 Å². The van der Waals surface area contributed by atoms with Crippen LogP contribution >= 0.6 is 0 Å². The fourth-order valence-electron chi connectivity index (χ4n) is 4.58. The molecule has 2 aliphatic rings. The Morgan fingerprint density at radius 1 is 1.26 bits per heavy atom. The van der Waals surface area contributed by atoms with E-state index in [1.165, 1.54) is 13.2 Å². The molecule has 1 fully saturated rings. The summed E-state index contributed by atoms with van der Waals surface area (Å²) in [6.07, 6.45) is 3.61. The van der Waals surface area contributed by atoms with Crippen LogP contribution in [0.25, 0.3) is 0 Å². The molecule has 1 N–H and O–H groups in total. The number of hydrogen-bond donors (Lipinski definition) is 1. The minimum atomic E-state index is -1.05. The van der Waals surface area contributed by atoms with E-state index in [-0.39, 0.29) is 22.9 Å². The highest BCUT2D eigenvalue weighted by atomic mass is 19.1. The third-order valence-electron chi connectivity index (χ3n) is 6.14. The first-order valence-electron chi connectivity index (χ1n) is 8.58. The zero-order valence-corrected chi connectivity index (χ0v) is 14.7. The summed E-state index contributed by atoms with van der Waals surface area (Å²) in [5.74, 6) is -0.0181. The number of likely N-dealkylation sites (tertiary alicyclic amines) is 1. The molecular weight excluding hydrogens is 293 g/mol. The highest BCUT2D eigenvalue weighted by molar-refractivity contribution is 5.49. The summed E-state index contributed by atoms with van der Waals surface area (Å²) >= 11 is 0. The molecule has 0 radical (unpaired) electrons. The van der Waals surface area contributed by atoms with Gasteiger partial charge in [-0.25, -0.2) is 4.39 Å². The minimum absolute atomic E-state index is 0.128. The van der Waals surface area contributed by atoms with E-state index < -0.39 is 5.60 Å². The number of methoxy groups -OCH3 is 1. The van der Waals surface area contributed by atoms with Crippen molar-refractivity contribution in [1.82, 2.24) is 4.90 Å². The van der Waals surface area contributed by atoms with Gasteiger partial charge in [0.1, 0.15) is 5.60 Å². The average Bonchev–Trinajstić information content (AvgIpc) is 2.52. The Morgan fingerprint density at radius 2 is 1.91 bits per heavy atom. The maximum atomic E-state index is 14.4. The van der Waals surface area contributed by atoms with Crippen LogP contribution in [0, 0.1) is 17.2 Å². The van der Waals surface area contributed by atoms with Gasteiger partial charge >= 0.3 is 0 Å². The van der Waals surface area contributed by atoms with Crippen molar-refractivity contribution in [2.75, 3.05) is 27.2 Å². The molecule has 1 aromatic carbocycles. The third-order valence-corrected chi connectivity index (χ3v) is 6.14. The third kappa shape index (κ3) is 2.47. The summed E-state index contributed by atoms with van der Waals surface area (Å²) < 4.78 is 19.8. The summed E-state index contributed by atoms with van der Waals surface area (Å²) in [5.41, 5.74) is 0.381. The minimum Gasteiger partial charge on any atom is -0.493 e. The second-order valence-corrected chi connectivity index (χ2v) is 7.84. The monoisotopic (exact) mass is 321 g/mol. The van der Waals surface area contributed by atoms with E-state index in [1.807, 2.05) is 6.07 Å². The van der Waals surface area contributed by atoms with Crippen molar-refractivity contribution in [2.45, 2.75) is 45.1 Å². The van der Waals surface area contributed by atoms with Crippen LogP contribution in [-0.4, -0.2) is 37.3 Å². The summed E-state index contributed by atoms with van der Waals surface area (Å²) in [7, 11) is 3.61. The summed E-state index contributed by atoms with van der Waals surface area (Å²) in [6, 6.07) is 3.29. The number of nitrogens with zero attached hydrogens (tertiary/aromatic N) is 1. The molecule has 23 heavy (non-hydrogen) atoms. The van der Waals surface area contributed by atoms with E-state index in [9.17, 15) is 9.50 Å². The summed E-state index contributed by atoms with van der Waals surface area (Å²) in [5, 5.41) is 11.9. The topological polar surface area (TPSA) is 32.7 Å². The quantitative estimate of drug-likeness (QED) is 0.907. The largest absolute Gasteiger partial charge is 0.493 e. The van der Waals surface area contributed by atoms with Crippen LogP contribution in [0.2, 0.25) is 0 Å². The van der Waals surface area contributed by atoms with Crippen molar-refractivity contribution in [2.24, 2.45) is 11.3 Å². The molecule has 1 aliphatic heterocycles. The number of rotatable bonds is 2. The molecule has 1 aromatic rings. The molecular formula is C19H28FNO2. The fraction of sp³-hybridized carbons (Fsp3) is 0.684. The molecule has 0 saturated carbocycles. The van der Waals surface area contributed by atoms with Gasteiger partial charge in [0.05, 0.1) is 7.11 Å². The molecule has 1 aliphatic carbocycles. The Hall–Kier alpha value is -1.13. The lowest BCUT2D eigenvalue weighted by Crippen LogP contribution is -2.53. The van der Waals surface area contributed by atoms with E-state index in [2.05, 4.69) is 25.8 Å². The normalized spacial score (nSPS) is 28.4. The van der Waals surface area contributed by atoms with Gasteiger partial charge in [0.15, 0.2) is 11.6 Å². The second-order valence-electron chi connectivity index (χ2n) is 7.84. The molecule has 128 valence electrons. The first kappa shape index (κ1) is 16.7. The predicted molar refractivity (Wildman–Crippen MR) is 89.2 cm³/mol. The van der Waals surface area contributed by atoms with E-state index in [4.69, 9.17) is 4.74 Å². The van der Waals surface area contributed by atoms with Gasteiger partial charge in [-0.15, -0.1) is 0 Å². The Kier molecular flexibility index (Phi) is 4.18. The number of hydrogen-bond acceptors (Lipinski definition) is 3. The summed E-state index contributed by atoms with van der Waals surface area (Å²) in [4.78, 5) is 2.29. The summed E-state index contributed by atoms with van der Waals surface area (Å²) in [6.45, 7) is 6.16. The number of halogens is 1. The van der Waals surface area contributed by atoms with Crippen molar-refractivity contribution < 1.29 is 14.2 Å². The van der Waals surface area contributed by atoms with Crippen molar-refractivity contribution in [3.63, 3.8) is 0 Å². The molecule has 4 heteroatoms. The van der Waals surface area contributed by atoms with Gasteiger partial charge < -0.3 is 14.7 Å². The standard InChI is InChI=1S/C19H28FNO2/c1-18(2)10-7-13-5-6-15(20)17(23-4)16(13)19(18,22)14-8-11-21(3)12-9-14/h5-6,14,22H,7-12H2,1-4H3. The predicted octanol–water partition coefficient (Wildman–Crippen LogP) is 3.34. The Labute approximate surface area is 138 Å². The molecule has 3 nitrogen and oxygen atoms in total. The molecule has 1 unspecified atom stereocenters. The van der Waals surface area contributed by atoms with Crippen LogP contribution < -0.4 is 4.74 Å². The van der Waals surface area contributed by atoms with Gasteiger partial charge in [0.2, 0.25) is 0 Å². The first-order valence-corrected chi connectivity index (χ1v) is 8.58. The van der Waals surface area contributed by atoms with Crippen molar-refractivity contribution in [1.29, 1.82) is 0 Å². The number of ether oxygens (including phenoxy) is 1. The van der Waals surface area contributed by atoms with E-state index in [0.29, 0.717) is 5.56 Å². The van der Waals surface area contributed by atoms with Crippen LogP contribution in [0.4, 0.5) is 4.39 Å². The van der Waals surface area contributed by atoms with Crippen molar-refractivity contribution >= 4 is 0 Å². The van der Waals surface area contributed by atoms with Crippen LogP contribution in [0.15, 0.2) is 12.1 Å². The van der Waals surface area contributed by atoms with E-state index in [0.717, 1.165) is 44.3 Å². The highest BCUT2D eigenvalue weighted by Gasteiger charge is 2.55. The number of aliphatic hydroxyl groups is 1. The van der Waals surface area contributed by atoms with Crippen LogP contribution in [0.3, 0.4) is 0 Å². The molecule has 1 atom stereocenters. The molecule has 0 aromatic heterocycles. The number of aryl methyl sites for hydroxylation is 1. The second kappa shape index (κ2) is 5.75. The van der Waals surface area contributed by atoms with Gasteiger partial charge in [-0.3, -0.25) is 0 Å². The molecule has 0 bridgehead atoms. The number of piperidine rings is 1. The highest BCUT2D eigenvalue weighted by Crippen LogP contribution is 2.57. The smallest absolute Gasteiger partial charge is 0.165 e. The van der Waals surface area contributed by atoms with Gasteiger partial charge in [-0.1, -0.05) is 19.9 Å². The molecule has 3 rings (SSSR count). The van der Waals surface area contributed by atoms with Crippen molar-refractivity contribution in [3.05, 3.63) is 29.1 Å². The first-order chi connectivity index (χ1) is 10.8. The molecule has 1 saturated heterocycles. The maximum Gasteiger partial charge on any atom is 0.165 e. The van der Waals surface area contributed by atoms with Gasteiger partial charge in [0, 0.05) is 5.56 Å². The Balaban J connectivity index is 2.16. The number of benzene rings is 1. The molecule has 1 heterocycles. The Bertz CT molecular complexity index is 593. The van der Waals surface area contributed by atoms with E-state index in [1.54, 1.807) is 0 Å². The zero-order valence-electron chi connectivity index (χ0n) is 14.7. The van der Waals surface area contributed by atoms with E-state index >= 15 is 0 Å². The fourth-order valence-corrected chi connectivity index (χ4v) is 4.58. The maximum absolute atomic E-state index is 14.4. The van der Waals surface area contributed by atoms with Crippen LogP contribution in [0.1, 0.15) is 44.2 Å². The molecule has 0 amide bonds.